The molecule has 1 fully saturated rings. The number of hydrogen-bond acceptors (Lipinski definition) is 9. The Bertz CT molecular complexity index is 2270. The Balaban J connectivity index is 1.20. The molecule has 2 aliphatic rings. The second-order valence-electron chi connectivity index (χ2n) is 11.6. The lowest BCUT2D eigenvalue weighted by molar-refractivity contribution is -0.170. The van der Waals surface area contributed by atoms with E-state index in [1.807, 2.05) is 0 Å². The van der Waals surface area contributed by atoms with Crippen molar-refractivity contribution >= 4 is 29.4 Å². The fourth-order valence-electron chi connectivity index (χ4n) is 6.00. The van der Waals surface area contributed by atoms with E-state index in [9.17, 15) is 19.2 Å². The van der Waals surface area contributed by atoms with Crippen LogP contribution in [0.15, 0.2) is 53.6 Å². The van der Waals surface area contributed by atoms with E-state index >= 15 is 8.78 Å². The van der Waals surface area contributed by atoms with E-state index in [4.69, 9.17) is 16.4 Å². The van der Waals surface area contributed by atoms with E-state index in [1.54, 1.807) is 45.9 Å². The van der Waals surface area contributed by atoms with Crippen LogP contribution in [0.4, 0.5) is 8.78 Å². The van der Waals surface area contributed by atoms with Crippen LogP contribution >= 0.6 is 11.6 Å². The van der Waals surface area contributed by atoms with E-state index < -0.39 is 46.8 Å². The Kier molecular flexibility index (Phi) is 7.27. The van der Waals surface area contributed by atoms with Gasteiger partial charge in [0.2, 0.25) is 0 Å². The van der Waals surface area contributed by atoms with Crippen molar-refractivity contribution in [2.45, 2.75) is 40.0 Å². The highest BCUT2D eigenvalue weighted by molar-refractivity contribution is 6.31. The van der Waals surface area contributed by atoms with Gasteiger partial charge in [-0.15, -0.1) is 5.10 Å². The summed E-state index contributed by atoms with van der Waals surface area (Å²) < 4.78 is 34.5. The zero-order valence-electron chi connectivity index (χ0n) is 25.8. The number of pyridine rings is 3. The van der Waals surface area contributed by atoms with Crippen LogP contribution in [-0.4, -0.2) is 52.1 Å². The molecule has 5 heterocycles. The van der Waals surface area contributed by atoms with Gasteiger partial charge in [0.15, 0.2) is 17.5 Å². The second kappa shape index (κ2) is 11.3. The zero-order valence-corrected chi connectivity index (χ0v) is 26.5. The van der Waals surface area contributed by atoms with E-state index in [-0.39, 0.29) is 56.6 Å². The molecule has 2 amide bonds. The van der Waals surface area contributed by atoms with Gasteiger partial charge in [-0.25, -0.2) is 23.5 Å². The van der Waals surface area contributed by atoms with Gasteiger partial charge in [-0.2, -0.15) is 4.68 Å². The first-order valence-electron chi connectivity index (χ1n) is 14.7. The number of amides is 2. The van der Waals surface area contributed by atoms with Crippen molar-refractivity contribution in [1.29, 1.82) is 0 Å². The Morgan fingerprint density at radius 2 is 1.65 bits per heavy atom. The number of nitrogens with zero attached hydrogens (tertiary/aromatic N) is 7. The highest BCUT2D eigenvalue weighted by atomic mass is 35.5. The SMILES string of the molecule is Cc1nc(C)n(-c2nccc(-c3ncc(C)c(-n4c(C)cc([C@H]5C[C@@H]5C(=O)ON5C(=O)c6ccccc6C5=O)c(Cl)c4=O)c3F)c2F)n1. The van der Waals surface area contributed by atoms with Crippen molar-refractivity contribution in [3.8, 4) is 22.8 Å². The van der Waals surface area contributed by atoms with Crippen molar-refractivity contribution in [3.05, 3.63) is 115 Å². The largest absolute Gasteiger partial charge is 0.336 e. The monoisotopic (exact) mass is 671 g/mol. The van der Waals surface area contributed by atoms with Crippen molar-refractivity contribution in [2.24, 2.45) is 5.92 Å². The first kappa shape index (κ1) is 31.0. The molecule has 1 aliphatic heterocycles. The van der Waals surface area contributed by atoms with Gasteiger partial charge in [0.05, 0.1) is 22.7 Å². The van der Waals surface area contributed by atoms with E-state index in [1.165, 1.54) is 35.3 Å². The smallest absolute Gasteiger partial charge is 0.329 e. The second-order valence-corrected chi connectivity index (χ2v) is 11.9. The van der Waals surface area contributed by atoms with Crippen LogP contribution in [0.1, 0.15) is 61.5 Å². The number of hydroxylamine groups is 2. The lowest BCUT2D eigenvalue weighted by Crippen LogP contribution is -2.33. The minimum absolute atomic E-state index is 0.124. The van der Waals surface area contributed by atoms with Crippen LogP contribution in [0.5, 0.6) is 0 Å². The average molecular weight is 672 g/mol. The predicted molar refractivity (Wildman–Crippen MR) is 166 cm³/mol. The summed E-state index contributed by atoms with van der Waals surface area (Å²) in [6.45, 7) is 6.38. The number of hydrogen-bond donors (Lipinski definition) is 0. The quantitative estimate of drug-likeness (QED) is 0.230. The maximum atomic E-state index is 16.4. The van der Waals surface area contributed by atoms with Gasteiger partial charge >= 0.3 is 5.97 Å². The molecule has 15 heteroatoms. The molecule has 0 bridgehead atoms. The molecule has 1 aliphatic carbocycles. The molecular weight excluding hydrogens is 648 g/mol. The Hall–Kier alpha value is -5.63. The summed E-state index contributed by atoms with van der Waals surface area (Å²) in [5.41, 5.74) is -0.394. The molecule has 1 saturated carbocycles. The molecule has 48 heavy (non-hydrogen) atoms. The van der Waals surface area contributed by atoms with Crippen molar-refractivity contribution < 1.29 is 28.0 Å². The van der Waals surface area contributed by atoms with Crippen LogP contribution in [0, 0.1) is 45.2 Å². The maximum absolute atomic E-state index is 16.4. The summed E-state index contributed by atoms with van der Waals surface area (Å²) in [6, 6.07) is 8.93. The van der Waals surface area contributed by atoms with Crippen molar-refractivity contribution in [1.82, 2.24) is 34.4 Å². The zero-order chi connectivity index (χ0) is 34.2. The van der Waals surface area contributed by atoms with Gasteiger partial charge < -0.3 is 4.84 Å². The van der Waals surface area contributed by atoms with E-state index in [2.05, 4.69) is 20.1 Å². The number of fused-ring (bicyclic) bond motifs is 1. The topological polar surface area (TPSA) is 142 Å². The van der Waals surface area contributed by atoms with Crippen LogP contribution in [-0.2, 0) is 9.63 Å². The normalized spacial score (nSPS) is 16.8. The third-order valence-electron chi connectivity index (χ3n) is 8.39. The number of imide groups is 1. The molecule has 0 spiro atoms. The molecule has 1 aromatic carbocycles. The first-order chi connectivity index (χ1) is 22.9. The summed E-state index contributed by atoms with van der Waals surface area (Å²) in [4.78, 5) is 69.6. The van der Waals surface area contributed by atoms with Gasteiger partial charge in [0.25, 0.3) is 17.4 Å². The summed E-state index contributed by atoms with van der Waals surface area (Å²) >= 11 is 6.57. The van der Waals surface area contributed by atoms with Crippen LogP contribution in [0.25, 0.3) is 22.8 Å². The molecule has 0 radical (unpaired) electrons. The Morgan fingerprint density at radius 3 is 2.29 bits per heavy atom. The average Bonchev–Trinajstić information content (AvgIpc) is 3.73. The van der Waals surface area contributed by atoms with Crippen molar-refractivity contribution in [3.63, 3.8) is 0 Å². The number of carbonyl (C=O) groups is 3. The van der Waals surface area contributed by atoms with Crippen LogP contribution in [0.3, 0.4) is 0 Å². The van der Waals surface area contributed by atoms with Gasteiger partial charge in [-0.05, 0) is 75.4 Å². The van der Waals surface area contributed by atoms with Gasteiger partial charge in [-0.3, -0.25) is 23.9 Å². The number of halogens is 3. The number of benzene rings is 1. The number of aromatic nitrogens is 6. The summed E-state index contributed by atoms with van der Waals surface area (Å²) in [5, 5.41) is 4.34. The summed E-state index contributed by atoms with van der Waals surface area (Å²) in [7, 11) is 0. The third kappa shape index (κ3) is 4.78. The van der Waals surface area contributed by atoms with Crippen molar-refractivity contribution in [2.75, 3.05) is 0 Å². The van der Waals surface area contributed by atoms with Gasteiger partial charge in [0, 0.05) is 23.7 Å². The van der Waals surface area contributed by atoms with Gasteiger partial charge in [-0.1, -0.05) is 28.8 Å². The molecule has 5 aromatic rings. The molecule has 12 nitrogen and oxygen atoms in total. The fourth-order valence-corrected chi connectivity index (χ4v) is 6.28. The predicted octanol–water partition coefficient (Wildman–Crippen LogP) is 4.90. The molecule has 7 rings (SSSR count). The molecule has 242 valence electrons. The fraction of sp³-hybridized carbons (Fsp3) is 0.212. The minimum atomic E-state index is -0.972. The van der Waals surface area contributed by atoms with Crippen LogP contribution in [0.2, 0.25) is 5.02 Å². The Morgan fingerprint density at radius 1 is 0.958 bits per heavy atom. The van der Waals surface area contributed by atoms with Crippen LogP contribution < -0.4 is 5.56 Å². The van der Waals surface area contributed by atoms with Gasteiger partial charge in [0.1, 0.15) is 22.4 Å². The standard InChI is InChI=1S/C33H24ClF2N7O5/c1-14-13-38-27(20-9-10-37-29(25(20)35)42-17(4)39-16(3)40-42)26(36)28(14)41-15(2)11-22(24(34)32(41)46)21-12-23(21)33(47)48-43-30(44)18-7-5-6-8-19(18)31(43)45/h5-11,13,21,23H,12H2,1-4H3/t21-,23+/m1/s1. The highest BCUT2D eigenvalue weighted by Gasteiger charge is 2.49. The molecular formula is C33H24ClF2N7O5. The third-order valence-corrected chi connectivity index (χ3v) is 8.77. The minimum Gasteiger partial charge on any atom is -0.329 e. The summed E-state index contributed by atoms with van der Waals surface area (Å²) in [6.07, 6.45) is 2.85. The lowest BCUT2D eigenvalue weighted by atomic mass is 10.1. The Labute approximate surface area is 275 Å². The van der Waals surface area contributed by atoms with E-state index in [0.717, 1.165) is 4.57 Å². The number of rotatable bonds is 6. The lowest BCUT2D eigenvalue weighted by Gasteiger charge is -2.18. The molecule has 4 aromatic heterocycles. The summed E-state index contributed by atoms with van der Waals surface area (Å²) in [5.74, 6) is -4.96. The van der Waals surface area contributed by atoms with E-state index in [0.29, 0.717) is 22.3 Å². The maximum Gasteiger partial charge on any atom is 0.336 e. The molecule has 0 saturated heterocycles. The number of carbonyl (C=O) groups excluding carboxylic acids is 3. The highest BCUT2D eigenvalue weighted by Crippen LogP contribution is 2.50. The molecule has 0 unspecified atom stereocenters. The first-order valence-corrected chi connectivity index (χ1v) is 15.1. The number of aryl methyl sites for hydroxylation is 4. The molecule has 2 atom stereocenters. The molecule has 0 N–H and O–H groups in total.